The molecule has 1 aromatic rings. The van der Waals surface area contributed by atoms with Gasteiger partial charge in [-0.1, -0.05) is 26.0 Å². The fourth-order valence-corrected chi connectivity index (χ4v) is 2.29. The van der Waals surface area contributed by atoms with Gasteiger partial charge < -0.3 is 10.2 Å². The number of hydrogen-bond acceptors (Lipinski definition) is 3. The first kappa shape index (κ1) is 12.9. The van der Waals surface area contributed by atoms with E-state index in [1.807, 2.05) is 0 Å². The normalized spacial score (nSPS) is 14.6. The first-order chi connectivity index (χ1) is 8.58. The molecule has 0 aliphatic carbocycles. The van der Waals surface area contributed by atoms with Gasteiger partial charge >= 0.3 is 0 Å². The van der Waals surface area contributed by atoms with Crippen LogP contribution >= 0.6 is 0 Å². The molecule has 0 saturated carbocycles. The minimum absolute atomic E-state index is 0.568. The van der Waals surface area contributed by atoms with E-state index < -0.39 is 0 Å². The van der Waals surface area contributed by atoms with Gasteiger partial charge in [0.2, 0.25) is 0 Å². The summed E-state index contributed by atoms with van der Waals surface area (Å²) >= 11 is 0. The third-order valence-corrected chi connectivity index (χ3v) is 3.35. The predicted octanol–water partition coefficient (Wildman–Crippen LogP) is 2.42. The quantitative estimate of drug-likeness (QED) is 0.882. The van der Waals surface area contributed by atoms with Gasteiger partial charge in [-0.25, -0.2) is 0 Å². The van der Waals surface area contributed by atoms with E-state index in [0.717, 1.165) is 25.3 Å². The molecule has 0 fully saturated rings. The summed E-state index contributed by atoms with van der Waals surface area (Å²) in [6.45, 7) is 6.37. The van der Waals surface area contributed by atoms with E-state index in [9.17, 15) is 0 Å². The summed E-state index contributed by atoms with van der Waals surface area (Å²) in [5, 5.41) is 3.35. The third kappa shape index (κ3) is 2.84. The van der Waals surface area contributed by atoms with Crippen LogP contribution in [0.5, 0.6) is 0 Å². The summed E-state index contributed by atoms with van der Waals surface area (Å²) < 4.78 is 0. The highest BCUT2D eigenvalue weighted by molar-refractivity contribution is 5.87. The molecule has 0 radical (unpaired) electrons. The topological polar surface area (TPSA) is 27.6 Å². The van der Waals surface area contributed by atoms with Crippen LogP contribution in [0.1, 0.15) is 30.9 Å². The maximum absolute atomic E-state index is 4.49. The van der Waals surface area contributed by atoms with Crippen molar-refractivity contribution in [2.45, 2.75) is 26.2 Å². The lowest BCUT2D eigenvalue weighted by atomic mass is 9.97. The maximum atomic E-state index is 4.49. The van der Waals surface area contributed by atoms with Crippen molar-refractivity contribution >= 4 is 11.5 Å². The Morgan fingerprint density at radius 1 is 1.33 bits per heavy atom. The number of aliphatic imine (C=N–C) groups is 1. The van der Waals surface area contributed by atoms with Crippen LogP contribution in [0.15, 0.2) is 23.2 Å². The molecule has 1 aliphatic heterocycles. The second-order valence-electron chi connectivity index (χ2n) is 5.37. The first-order valence-electron chi connectivity index (χ1n) is 6.65. The molecule has 98 valence electrons. The van der Waals surface area contributed by atoms with Crippen molar-refractivity contribution in [3.63, 3.8) is 0 Å². The molecule has 0 saturated heterocycles. The number of anilines is 1. The van der Waals surface area contributed by atoms with Gasteiger partial charge in [-0.15, -0.1) is 0 Å². The molecule has 3 heteroatoms. The molecule has 1 aliphatic rings. The number of nitrogens with one attached hydrogen (secondary N) is 1. The highest BCUT2D eigenvalue weighted by Gasteiger charge is 2.12. The zero-order chi connectivity index (χ0) is 13.1. The van der Waals surface area contributed by atoms with Crippen molar-refractivity contribution < 1.29 is 0 Å². The summed E-state index contributed by atoms with van der Waals surface area (Å²) in [6, 6.07) is 6.77. The largest absolute Gasteiger partial charge is 0.377 e. The number of nitrogens with zero attached hydrogens (tertiary/aromatic N) is 2. The Kier molecular flexibility index (Phi) is 3.90. The Bertz CT molecular complexity index is 447. The average molecular weight is 245 g/mol. The van der Waals surface area contributed by atoms with Gasteiger partial charge in [0.25, 0.3) is 0 Å². The minimum atomic E-state index is 0.568. The van der Waals surface area contributed by atoms with E-state index in [1.54, 1.807) is 0 Å². The summed E-state index contributed by atoms with van der Waals surface area (Å²) in [4.78, 5) is 6.67. The Morgan fingerprint density at radius 2 is 2.11 bits per heavy atom. The van der Waals surface area contributed by atoms with Crippen molar-refractivity contribution in [2.24, 2.45) is 4.99 Å². The minimum Gasteiger partial charge on any atom is -0.377 e. The van der Waals surface area contributed by atoms with Crippen molar-refractivity contribution in [1.29, 1.82) is 0 Å². The zero-order valence-electron chi connectivity index (χ0n) is 11.8. The highest BCUT2D eigenvalue weighted by atomic mass is 15.1. The molecule has 0 aromatic heterocycles. The second kappa shape index (κ2) is 5.42. The molecule has 2 rings (SSSR count). The summed E-state index contributed by atoms with van der Waals surface area (Å²) in [5.74, 6) is 1.69. The summed E-state index contributed by atoms with van der Waals surface area (Å²) in [5.41, 5.74) is 4.05. The SMILES string of the molecule is CC(C)c1ccc(N(C)C)c(CC2=NCCN2)c1. The highest BCUT2D eigenvalue weighted by Crippen LogP contribution is 2.25. The third-order valence-electron chi connectivity index (χ3n) is 3.35. The maximum Gasteiger partial charge on any atom is 0.101 e. The number of rotatable bonds is 4. The van der Waals surface area contributed by atoms with Crippen molar-refractivity contribution in [3.05, 3.63) is 29.3 Å². The molecule has 3 nitrogen and oxygen atoms in total. The van der Waals surface area contributed by atoms with E-state index in [-0.39, 0.29) is 0 Å². The van der Waals surface area contributed by atoms with Gasteiger partial charge in [0.05, 0.1) is 6.54 Å². The van der Waals surface area contributed by atoms with E-state index in [1.165, 1.54) is 16.8 Å². The Morgan fingerprint density at radius 3 is 2.67 bits per heavy atom. The van der Waals surface area contributed by atoms with Crippen LogP contribution in [0.25, 0.3) is 0 Å². The van der Waals surface area contributed by atoms with Gasteiger partial charge in [0.1, 0.15) is 5.84 Å². The lowest BCUT2D eigenvalue weighted by Crippen LogP contribution is -2.22. The van der Waals surface area contributed by atoms with Crippen LogP contribution in [0, 0.1) is 0 Å². The van der Waals surface area contributed by atoms with E-state index >= 15 is 0 Å². The van der Waals surface area contributed by atoms with Crippen LogP contribution in [0.3, 0.4) is 0 Å². The molecule has 1 heterocycles. The number of benzene rings is 1. The van der Waals surface area contributed by atoms with Gasteiger partial charge in [-0.2, -0.15) is 0 Å². The molecule has 0 atom stereocenters. The monoisotopic (exact) mass is 245 g/mol. The van der Waals surface area contributed by atoms with E-state index in [2.05, 4.69) is 61.4 Å². The van der Waals surface area contributed by atoms with Gasteiger partial charge in [-0.05, 0) is 23.1 Å². The predicted molar refractivity (Wildman–Crippen MR) is 78.9 cm³/mol. The fourth-order valence-electron chi connectivity index (χ4n) is 2.29. The molecular formula is C15H23N3. The zero-order valence-corrected chi connectivity index (χ0v) is 11.8. The van der Waals surface area contributed by atoms with Crippen molar-refractivity contribution in [1.82, 2.24) is 5.32 Å². The van der Waals surface area contributed by atoms with Crippen molar-refractivity contribution in [2.75, 3.05) is 32.1 Å². The molecular weight excluding hydrogens is 222 g/mol. The second-order valence-corrected chi connectivity index (χ2v) is 5.37. The van der Waals surface area contributed by atoms with Gasteiger partial charge in [0, 0.05) is 32.7 Å². The molecule has 0 amide bonds. The van der Waals surface area contributed by atoms with Crippen LogP contribution in [0.2, 0.25) is 0 Å². The summed E-state index contributed by atoms with van der Waals surface area (Å²) in [7, 11) is 4.19. The molecule has 0 unspecified atom stereocenters. The van der Waals surface area contributed by atoms with Crippen LogP contribution in [-0.2, 0) is 6.42 Å². The standard InChI is InChI=1S/C15H23N3/c1-11(2)12-5-6-14(18(3)4)13(9-12)10-15-16-7-8-17-15/h5-6,9,11H,7-8,10H2,1-4H3,(H,16,17). The number of hydrogen-bond donors (Lipinski definition) is 1. The van der Waals surface area contributed by atoms with Gasteiger partial charge in [0.15, 0.2) is 0 Å². The smallest absolute Gasteiger partial charge is 0.101 e. The van der Waals surface area contributed by atoms with Gasteiger partial charge in [-0.3, -0.25) is 4.99 Å². The van der Waals surface area contributed by atoms with Crippen LogP contribution in [-0.4, -0.2) is 33.0 Å². The fraction of sp³-hybridized carbons (Fsp3) is 0.533. The van der Waals surface area contributed by atoms with E-state index in [0.29, 0.717) is 5.92 Å². The van der Waals surface area contributed by atoms with Crippen LogP contribution in [0.4, 0.5) is 5.69 Å². The number of amidine groups is 1. The average Bonchev–Trinajstić information content (AvgIpc) is 2.81. The molecule has 0 bridgehead atoms. The molecule has 1 N–H and O–H groups in total. The van der Waals surface area contributed by atoms with Crippen LogP contribution < -0.4 is 10.2 Å². The summed E-state index contributed by atoms with van der Waals surface area (Å²) in [6.07, 6.45) is 0.911. The Hall–Kier alpha value is -1.51. The van der Waals surface area contributed by atoms with Crippen molar-refractivity contribution in [3.8, 4) is 0 Å². The molecule has 1 aromatic carbocycles. The van der Waals surface area contributed by atoms with E-state index in [4.69, 9.17) is 0 Å². The molecule has 18 heavy (non-hydrogen) atoms. The first-order valence-corrected chi connectivity index (χ1v) is 6.65. The lowest BCUT2D eigenvalue weighted by Gasteiger charge is -2.19. The lowest BCUT2D eigenvalue weighted by molar-refractivity contribution is 0.862. The molecule has 0 spiro atoms. The Balaban J connectivity index is 2.30. The Labute approximate surface area is 110 Å².